The van der Waals surface area contributed by atoms with Crippen LogP contribution in [0.25, 0.3) is 10.9 Å². The maximum Gasteiger partial charge on any atom is 0.326 e. The SMILES string of the molecule is CC(C)C[C@H](NC(=O)[C@H](C)N)C(=O)N[C@@H](CS)C(=O)N[C@@H](CC(=O)O)C(=O)N1CCC[C@H]1C(=O)N[C@@H](CCCNC(=N)N)C(=O)N[C@@H](Cc1c[nH]c2ccccc12)C(=O)N[C@@H](CS)C(=O)N[C@@H](Cc1ccccc1)C(=O)NCC(=O)NCC(=O)N[C@@H](CCCCN)C(=O)O. The van der Waals surface area contributed by atoms with Crippen molar-refractivity contribution in [1.29, 1.82) is 5.41 Å². The van der Waals surface area contributed by atoms with Crippen LogP contribution in [0, 0.1) is 11.3 Å². The number of thiol groups is 2. The number of carboxylic acid groups (broad SMARTS) is 2. The first kappa shape index (κ1) is 77.4. The number of nitrogens with zero attached hydrogens (tertiary/aromatic N) is 1. The van der Waals surface area contributed by atoms with Gasteiger partial charge in [-0.05, 0) is 87.9 Å². The molecule has 94 heavy (non-hydrogen) atoms. The van der Waals surface area contributed by atoms with Gasteiger partial charge in [0.2, 0.25) is 65.0 Å². The molecule has 1 fully saturated rings. The van der Waals surface area contributed by atoms with Crippen LogP contribution in [0.5, 0.6) is 0 Å². The van der Waals surface area contributed by atoms with Gasteiger partial charge in [0.25, 0.3) is 0 Å². The molecule has 516 valence electrons. The molecule has 34 heteroatoms. The molecule has 11 amide bonds. The van der Waals surface area contributed by atoms with E-state index in [-0.39, 0.29) is 81.9 Å². The number of para-hydroxylation sites is 1. The van der Waals surface area contributed by atoms with Crippen LogP contribution in [0.1, 0.15) is 89.7 Å². The van der Waals surface area contributed by atoms with Crippen molar-refractivity contribution >= 4 is 119 Å². The summed E-state index contributed by atoms with van der Waals surface area (Å²) >= 11 is 8.56. The Kier molecular flexibility index (Phi) is 32.5. The zero-order chi connectivity index (χ0) is 69.6. The highest BCUT2D eigenvalue weighted by Gasteiger charge is 2.41. The van der Waals surface area contributed by atoms with Crippen molar-refractivity contribution in [3.8, 4) is 0 Å². The number of carbonyl (C=O) groups excluding carboxylic acids is 11. The quantitative estimate of drug-likeness (QED) is 0.0113. The molecular weight excluding hydrogens is 1260 g/mol. The first-order valence-corrected chi connectivity index (χ1v) is 32.0. The van der Waals surface area contributed by atoms with Gasteiger partial charge < -0.3 is 95.8 Å². The van der Waals surface area contributed by atoms with E-state index >= 15 is 0 Å². The largest absolute Gasteiger partial charge is 0.481 e. The molecule has 2 heterocycles. The fourth-order valence-corrected chi connectivity index (χ4v) is 10.5. The van der Waals surface area contributed by atoms with Gasteiger partial charge in [-0.2, -0.15) is 25.3 Å². The molecule has 2 aromatic carbocycles. The zero-order valence-electron chi connectivity index (χ0n) is 52.6. The molecule has 0 aliphatic carbocycles. The fraction of sp³-hybridized carbons (Fsp3) is 0.533. The summed E-state index contributed by atoms with van der Waals surface area (Å²) in [7, 11) is 0. The number of rotatable bonds is 40. The number of aromatic amines is 1. The highest BCUT2D eigenvalue weighted by Crippen LogP contribution is 2.22. The highest BCUT2D eigenvalue weighted by molar-refractivity contribution is 7.80. The Hall–Kier alpha value is -9.02. The lowest BCUT2D eigenvalue weighted by molar-refractivity contribution is -0.146. The molecule has 4 rings (SSSR count). The number of guanidine groups is 1. The van der Waals surface area contributed by atoms with Crippen molar-refractivity contribution in [2.24, 2.45) is 23.1 Å². The van der Waals surface area contributed by atoms with Crippen molar-refractivity contribution < 1.29 is 72.5 Å². The third kappa shape index (κ3) is 25.8. The number of carbonyl (C=O) groups is 13. The average Bonchev–Trinajstić information content (AvgIpc) is 1.63. The van der Waals surface area contributed by atoms with E-state index in [2.05, 4.69) is 88.7 Å². The van der Waals surface area contributed by atoms with E-state index in [1.54, 1.807) is 74.6 Å². The van der Waals surface area contributed by atoms with Gasteiger partial charge in [0, 0.05) is 54.5 Å². The Morgan fingerprint density at radius 3 is 1.77 bits per heavy atom. The molecule has 1 saturated heterocycles. The van der Waals surface area contributed by atoms with E-state index in [9.17, 15) is 72.5 Å². The summed E-state index contributed by atoms with van der Waals surface area (Å²) in [5.74, 6) is -13.5. The summed E-state index contributed by atoms with van der Waals surface area (Å²) in [6.45, 7) is 4.00. The lowest BCUT2D eigenvalue weighted by Crippen LogP contribution is -2.61. The van der Waals surface area contributed by atoms with E-state index < -0.39 is 163 Å². The Morgan fingerprint density at radius 1 is 0.617 bits per heavy atom. The summed E-state index contributed by atoms with van der Waals surface area (Å²) < 4.78 is 0. The predicted octanol–water partition coefficient (Wildman–Crippen LogP) is -3.74. The Morgan fingerprint density at radius 2 is 1.17 bits per heavy atom. The van der Waals surface area contributed by atoms with E-state index in [1.165, 1.54) is 6.92 Å². The first-order chi connectivity index (χ1) is 44.7. The van der Waals surface area contributed by atoms with E-state index in [1.807, 2.05) is 0 Å². The maximum atomic E-state index is 14.7. The number of fused-ring (bicyclic) bond motifs is 1. The highest BCUT2D eigenvalue weighted by atomic mass is 32.1. The summed E-state index contributed by atoms with van der Waals surface area (Å²) in [4.78, 5) is 180. The Labute approximate surface area is 554 Å². The van der Waals surface area contributed by atoms with E-state index in [0.717, 1.165) is 4.90 Å². The van der Waals surface area contributed by atoms with Crippen molar-refractivity contribution in [2.45, 2.75) is 152 Å². The van der Waals surface area contributed by atoms with Crippen LogP contribution in [-0.4, -0.2) is 208 Å². The second-order valence-corrected chi connectivity index (χ2v) is 23.7. The van der Waals surface area contributed by atoms with Gasteiger partial charge >= 0.3 is 11.9 Å². The minimum absolute atomic E-state index is 0.0159. The summed E-state index contributed by atoms with van der Waals surface area (Å²) in [5.41, 5.74) is 18.5. The van der Waals surface area contributed by atoms with E-state index in [0.29, 0.717) is 41.4 Å². The van der Waals surface area contributed by atoms with Crippen LogP contribution < -0.4 is 75.7 Å². The molecule has 32 nitrogen and oxygen atoms in total. The molecule has 0 spiro atoms. The van der Waals surface area contributed by atoms with Crippen LogP contribution in [0.15, 0.2) is 60.8 Å². The topological polar surface area (TPSA) is 516 Å². The van der Waals surface area contributed by atoms with Gasteiger partial charge in [-0.1, -0.05) is 62.4 Å². The van der Waals surface area contributed by atoms with Gasteiger partial charge in [-0.15, -0.1) is 0 Å². The number of aromatic nitrogens is 1. The van der Waals surface area contributed by atoms with E-state index in [4.69, 9.17) is 22.6 Å². The third-order valence-corrected chi connectivity index (χ3v) is 15.7. The number of carboxylic acids is 2. The third-order valence-electron chi connectivity index (χ3n) is 14.9. The summed E-state index contributed by atoms with van der Waals surface area (Å²) in [5, 5.41) is 55.5. The number of hydrogen-bond acceptors (Lipinski definition) is 18. The molecule has 3 aromatic rings. The van der Waals surface area contributed by atoms with Gasteiger partial charge in [0.05, 0.1) is 25.6 Å². The lowest BCUT2D eigenvalue weighted by atomic mass is 10.0. The van der Waals surface area contributed by atoms with Crippen molar-refractivity contribution in [1.82, 2.24) is 68.4 Å². The van der Waals surface area contributed by atoms with Gasteiger partial charge in [0.15, 0.2) is 5.96 Å². The first-order valence-electron chi connectivity index (χ1n) is 30.7. The average molecular weight is 1350 g/mol. The second kappa shape index (κ2) is 39.5. The van der Waals surface area contributed by atoms with Gasteiger partial charge in [-0.25, -0.2) is 4.79 Å². The molecule has 0 bridgehead atoms. The Balaban J connectivity index is 1.57. The molecule has 0 radical (unpaired) electrons. The Bertz CT molecular complexity index is 3140. The van der Waals surface area contributed by atoms with Crippen LogP contribution >= 0.6 is 25.3 Å². The van der Waals surface area contributed by atoms with Crippen LogP contribution in [0.2, 0.25) is 0 Å². The number of amides is 11. The number of benzene rings is 2. The molecule has 0 unspecified atom stereocenters. The predicted molar refractivity (Wildman–Crippen MR) is 351 cm³/mol. The molecule has 1 aromatic heterocycles. The molecule has 21 N–H and O–H groups in total. The van der Waals surface area contributed by atoms with Crippen LogP contribution in [0.4, 0.5) is 0 Å². The van der Waals surface area contributed by atoms with Crippen molar-refractivity contribution in [3.63, 3.8) is 0 Å². The smallest absolute Gasteiger partial charge is 0.326 e. The monoisotopic (exact) mass is 1350 g/mol. The molecule has 10 atom stereocenters. The van der Waals surface area contributed by atoms with Crippen molar-refractivity contribution in [2.75, 3.05) is 44.2 Å². The second-order valence-electron chi connectivity index (χ2n) is 23.0. The van der Waals surface area contributed by atoms with Crippen molar-refractivity contribution in [3.05, 3.63) is 71.9 Å². The lowest BCUT2D eigenvalue weighted by Gasteiger charge is -2.30. The number of hydrogen-bond donors (Lipinski definition) is 20. The maximum absolute atomic E-state index is 14.7. The fourth-order valence-electron chi connectivity index (χ4n) is 10.0. The molecular formula is C60H89N17O15S2. The number of H-pyrrole nitrogens is 1. The summed E-state index contributed by atoms with van der Waals surface area (Å²) in [6.07, 6.45) is 1.72. The molecule has 0 saturated carbocycles. The normalized spacial score (nSPS) is 15.6. The molecule has 1 aliphatic heterocycles. The minimum Gasteiger partial charge on any atom is -0.481 e. The number of nitrogens with one attached hydrogen (secondary N) is 13. The van der Waals surface area contributed by atoms with Crippen LogP contribution in [-0.2, 0) is 75.2 Å². The standard InChI is InChI=1S/C60H89N17O15S2/c1-32(2)23-40(71-50(82)33(3)62)53(85)75-45(31-94)56(88)74-43(26-49(80)81)58(90)77-22-12-19-46(77)57(89)70-38(18-11-21-65-60(63)64)52(84)73-42(25-35-27-66-37-16-8-7-15-36(35)37)54(86)76-44(30-93)55(87)72-41(24-34-13-5-4-6-14-34)51(83)68-28-47(78)67-29-48(79)69-39(59(91)92)17-9-10-20-61/h4-8,13-16,27,32-33,38-46,66,93-94H,9-12,17-26,28-31,61-62H2,1-3H3,(H,67,78)(H,68,83)(H,69,79)(H,70,89)(H,71,82)(H,72,87)(H,73,84)(H,74,88)(H,75,85)(H,76,86)(H,80,81)(H,91,92)(H4,63,64,65)/t33-,38-,39-,40-,41-,42-,43-,44-,45-,46-/m0/s1. The summed E-state index contributed by atoms with van der Waals surface area (Å²) in [6, 6.07) is 1.78. The van der Waals surface area contributed by atoms with Crippen LogP contribution in [0.3, 0.4) is 0 Å². The minimum atomic E-state index is -1.79. The molecule has 1 aliphatic rings. The number of unbranched alkanes of at least 4 members (excludes halogenated alkanes) is 1. The number of nitrogens with two attached hydrogens (primary N) is 3. The number of likely N-dealkylation sites (tertiary alicyclic amines) is 1. The zero-order valence-corrected chi connectivity index (χ0v) is 54.4. The van der Waals surface area contributed by atoms with Gasteiger partial charge in [-0.3, -0.25) is 62.9 Å². The number of aliphatic carboxylic acids is 2. The van der Waals surface area contributed by atoms with Gasteiger partial charge in [0.1, 0.15) is 54.4 Å².